The number of carbonyl (C=O) groups excluding carboxylic acids is 2. The zero-order valence-corrected chi connectivity index (χ0v) is 12.5. The van der Waals surface area contributed by atoms with E-state index in [1.807, 2.05) is 0 Å². The van der Waals surface area contributed by atoms with Crippen molar-refractivity contribution in [3.05, 3.63) is 29.8 Å². The van der Waals surface area contributed by atoms with Crippen molar-refractivity contribution in [2.45, 2.75) is 19.8 Å². The highest BCUT2D eigenvalue weighted by molar-refractivity contribution is 6.04. The third-order valence-electron chi connectivity index (χ3n) is 3.20. The van der Waals surface area contributed by atoms with Crippen LogP contribution in [0, 0.1) is 0 Å². The number of para-hydroxylation sites is 1. The summed E-state index contributed by atoms with van der Waals surface area (Å²) in [5.41, 5.74) is 0.966. The SMILES string of the molecule is CC(=O)N(C)c1ccccc1C(=O)N(C)CCCC(=O)O. The van der Waals surface area contributed by atoms with Crippen LogP contribution in [0.2, 0.25) is 0 Å². The van der Waals surface area contributed by atoms with E-state index in [4.69, 9.17) is 5.11 Å². The van der Waals surface area contributed by atoms with Gasteiger partial charge in [-0.1, -0.05) is 12.1 Å². The minimum atomic E-state index is -0.882. The topological polar surface area (TPSA) is 77.9 Å². The first kappa shape index (κ1) is 16.7. The van der Waals surface area contributed by atoms with Crippen molar-refractivity contribution in [3.63, 3.8) is 0 Å². The van der Waals surface area contributed by atoms with Crippen LogP contribution in [0.25, 0.3) is 0 Å². The number of aliphatic carboxylic acids is 1. The van der Waals surface area contributed by atoms with E-state index in [2.05, 4.69) is 0 Å². The van der Waals surface area contributed by atoms with Crippen LogP contribution in [-0.4, -0.2) is 48.4 Å². The van der Waals surface area contributed by atoms with Gasteiger partial charge in [-0.3, -0.25) is 14.4 Å². The second kappa shape index (κ2) is 7.42. The standard InChI is InChI=1S/C15H20N2O4/c1-11(18)17(3)13-8-5-4-7-12(13)15(21)16(2)10-6-9-14(19)20/h4-5,7-8H,6,9-10H2,1-3H3,(H,19,20). The van der Waals surface area contributed by atoms with E-state index in [-0.39, 0.29) is 18.2 Å². The van der Waals surface area contributed by atoms with Crippen molar-refractivity contribution in [1.29, 1.82) is 0 Å². The molecule has 21 heavy (non-hydrogen) atoms. The number of amides is 2. The van der Waals surface area contributed by atoms with E-state index < -0.39 is 5.97 Å². The van der Waals surface area contributed by atoms with Crippen molar-refractivity contribution >= 4 is 23.5 Å². The molecule has 0 spiro atoms. The molecule has 0 bridgehead atoms. The molecular formula is C15H20N2O4. The number of hydrogen-bond acceptors (Lipinski definition) is 3. The van der Waals surface area contributed by atoms with E-state index >= 15 is 0 Å². The number of benzene rings is 1. The summed E-state index contributed by atoms with van der Waals surface area (Å²) in [6, 6.07) is 6.86. The van der Waals surface area contributed by atoms with Gasteiger partial charge in [0.2, 0.25) is 5.91 Å². The Morgan fingerprint density at radius 1 is 1.14 bits per heavy atom. The maximum absolute atomic E-state index is 12.4. The third kappa shape index (κ3) is 4.59. The molecule has 0 aliphatic heterocycles. The predicted molar refractivity (Wildman–Crippen MR) is 79.4 cm³/mol. The lowest BCUT2D eigenvalue weighted by molar-refractivity contribution is -0.137. The van der Waals surface area contributed by atoms with Crippen LogP contribution in [-0.2, 0) is 9.59 Å². The summed E-state index contributed by atoms with van der Waals surface area (Å²) in [6.45, 7) is 1.78. The van der Waals surface area contributed by atoms with Gasteiger partial charge in [-0.15, -0.1) is 0 Å². The Hall–Kier alpha value is -2.37. The number of nitrogens with zero attached hydrogens (tertiary/aromatic N) is 2. The Labute approximate surface area is 124 Å². The zero-order valence-electron chi connectivity index (χ0n) is 12.5. The molecule has 1 aromatic carbocycles. The summed E-state index contributed by atoms with van der Waals surface area (Å²) in [5, 5.41) is 8.61. The Morgan fingerprint density at radius 2 is 1.76 bits per heavy atom. The van der Waals surface area contributed by atoms with Crippen molar-refractivity contribution in [2.75, 3.05) is 25.5 Å². The third-order valence-corrected chi connectivity index (χ3v) is 3.20. The summed E-state index contributed by atoms with van der Waals surface area (Å²) in [6.07, 6.45) is 0.412. The van der Waals surface area contributed by atoms with Crippen LogP contribution in [0.1, 0.15) is 30.1 Å². The highest BCUT2D eigenvalue weighted by Gasteiger charge is 2.19. The fraction of sp³-hybridized carbons (Fsp3) is 0.400. The first-order valence-electron chi connectivity index (χ1n) is 6.65. The van der Waals surface area contributed by atoms with Gasteiger partial charge >= 0.3 is 5.97 Å². The minimum Gasteiger partial charge on any atom is -0.481 e. The van der Waals surface area contributed by atoms with Crippen LogP contribution in [0.3, 0.4) is 0 Å². The molecule has 0 aromatic heterocycles. The van der Waals surface area contributed by atoms with Crippen LogP contribution in [0.4, 0.5) is 5.69 Å². The van der Waals surface area contributed by atoms with Gasteiger partial charge in [-0.2, -0.15) is 0 Å². The molecule has 0 unspecified atom stereocenters. The van der Waals surface area contributed by atoms with Crippen LogP contribution >= 0.6 is 0 Å². The lowest BCUT2D eigenvalue weighted by atomic mass is 10.1. The molecule has 0 aliphatic rings. The average molecular weight is 292 g/mol. The smallest absolute Gasteiger partial charge is 0.303 e. The average Bonchev–Trinajstić information content (AvgIpc) is 2.45. The van der Waals surface area contributed by atoms with E-state index in [1.165, 1.54) is 16.7 Å². The molecule has 1 rings (SSSR count). The first-order valence-corrected chi connectivity index (χ1v) is 6.65. The monoisotopic (exact) mass is 292 g/mol. The zero-order chi connectivity index (χ0) is 16.0. The van der Waals surface area contributed by atoms with Crippen molar-refractivity contribution in [3.8, 4) is 0 Å². The number of carbonyl (C=O) groups is 3. The van der Waals surface area contributed by atoms with Crippen molar-refractivity contribution in [1.82, 2.24) is 4.90 Å². The Balaban J connectivity index is 2.87. The molecule has 0 heterocycles. The normalized spacial score (nSPS) is 10.0. The van der Waals surface area contributed by atoms with E-state index in [0.29, 0.717) is 24.2 Å². The maximum Gasteiger partial charge on any atom is 0.303 e. The molecule has 1 N–H and O–H groups in total. The van der Waals surface area contributed by atoms with Gasteiger partial charge in [0.25, 0.3) is 5.91 Å². The largest absolute Gasteiger partial charge is 0.481 e. The Kier molecular flexibility index (Phi) is 5.90. The molecule has 6 heteroatoms. The quantitative estimate of drug-likeness (QED) is 0.864. The second-order valence-electron chi connectivity index (χ2n) is 4.82. The minimum absolute atomic E-state index is 0.0205. The van der Waals surface area contributed by atoms with E-state index in [1.54, 1.807) is 38.4 Å². The molecule has 114 valence electrons. The van der Waals surface area contributed by atoms with Gasteiger partial charge in [0.15, 0.2) is 0 Å². The molecule has 0 atom stereocenters. The lowest BCUT2D eigenvalue weighted by Crippen LogP contribution is -2.31. The number of rotatable bonds is 6. The maximum atomic E-state index is 12.4. The summed E-state index contributed by atoms with van der Waals surface area (Å²) in [7, 11) is 3.23. The van der Waals surface area contributed by atoms with Crippen LogP contribution in [0.15, 0.2) is 24.3 Å². The highest BCUT2D eigenvalue weighted by atomic mass is 16.4. The van der Waals surface area contributed by atoms with Crippen LogP contribution in [0.5, 0.6) is 0 Å². The van der Waals surface area contributed by atoms with Gasteiger partial charge in [0, 0.05) is 34.0 Å². The summed E-state index contributed by atoms with van der Waals surface area (Å²) in [5.74, 6) is -1.28. The first-order chi connectivity index (χ1) is 9.84. The fourth-order valence-corrected chi connectivity index (χ4v) is 1.89. The second-order valence-corrected chi connectivity index (χ2v) is 4.82. The summed E-state index contributed by atoms with van der Waals surface area (Å²) < 4.78 is 0. The molecule has 0 aliphatic carbocycles. The predicted octanol–water partition coefficient (Wildman–Crippen LogP) is 1.61. The molecule has 0 fully saturated rings. The molecule has 0 radical (unpaired) electrons. The number of anilines is 1. The Bertz CT molecular complexity index is 542. The van der Waals surface area contributed by atoms with Gasteiger partial charge in [-0.05, 0) is 18.6 Å². The number of carboxylic acid groups (broad SMARTS) is 1. The van der Waals surface area contributed by atoms with Gasteiger partial charge in [0.05, 0.1) is 11.3 Å². The number of hydrogen-bond donors (Lipinski definition) is 1. The molecule has 2 amide bonds. The summed E-state index contributed by atoms with van der Waals surface area (Å²) >= 11 is 0. The van der Waals surface area contributed by atoms with Crippen LogP contribution < -0.4 is 4.90 Å². The molecular weight excluding hydrogens is 272 g/mol. The van der Waals surface area contributed by atoms with E-state index in [0.717, 1.165) is 0 Å². The molecule has 0 saturated carbocycles. The van der Waals surface area contributed by atoms with E-state index in [9.17, 15) is 14.4 Å². The highest BCUT2D eigenvalue weighted by Crippen LogP contribution is 2.20. The molecule has 1 aromatic rings. The van der Waals surface area contributed by atoms with Gasteiger partial charge < -0.3 is 14.9 Å². The molecule has 6 nitrogen and oxygen atoms in total. The molecule has 0 saturated heterocycles. The fourth-order valence-electron chi connectivity index (χ4n) is 1.89. The lowest BCUT2D eigenvalue weighted by Gasteiger charge is -2.22. The number of carboxylic acids is 1. The summed E-state index contributed by atoms with van der Waals surface area (Å²) in [4.78, 5) is 37.3. The van der Waals surface area contributed by atoms with Gasteiger partial charge in [-0.25, -0.2) is 0 Å². The van der Waals surface area contributed by atoms with Crippen molar-refractivity contribution < 1.29 is 19.5 Å². The Morgan fingerprint density at radius 3 is 2.33 bits per heavy atom. The van der Waals surface area contributed by atoms with Gasteiger partial charge in [0.1, 0.15) is 0 Å². The van der Waals surface area contributed by atoms with Crippen molar-refractivity contribution in [2.24, 2.45) is 0 Å².